The minimum absolute atomic E-state index is 0.944. The van der Waals surface area contributed by atoms with E-state index in [1.165, 1.54) is 22.3 Å². The molecule has 0 unspecified atom stereocenters. The molecule has 0 spiro atoms. The van der Waals surface area contributed by atoms with E-state index in [-0.39, 0.29) is 0 Å². The molecule has 0 amide bonds. The fourth-order valence-corrected chi connectivity index (χ4v) is 4.45. The van der Waals surface area contributed by atoms with Crippen LogP contribution in [0.5, 0.6) is 0 Å². The van der Waals surface area contributed by atoms with E-state index in [2.05, 4.69) is 126 Å². The van der Waals surface area contributed by atoms with Crippen LogP contribution >= 0.6 is 0 Å². The monoisotopic (exact) mass is 422 g/mol. The van der Waals surface area contributed by atoms with Crippen LogP contribution in [0, 0.1) is 0 Å². The van der Waals surface area contributed by atoms with Gasteiger partial charge in [-0.25, -0.2) is 4.98 Å². The number of benzene rings is 5. The van der Waals surface area contributed by atoms with Crippen molar-refractivity contribution < 1.29 is 0 Å². The van der Waals surface area contributed by atoms with E-state index >= 15 is 0 Å². The zero-order chi connectivity index (χ0) is 22.0. The summed E-state index contributed by atoms with van der Waals surface area (Å²) in [6.07, 6.45) is 0. The highest BCUT2D eigenvalue weighted by molar-refractivity contribution is 5.89. The van der Waals surface area contributed by atoms with E-state index < -0.39 is 0 Å². The summed E-state index contributed by atoms with van der Waals surface area (Å²) in [5.41, 5.74) is 9.03. The SMILES string of the molecule is c1ccc(-c2ccc3c(c2)nc(-c2ccccc2)n3-c2ccccc2-c2ccccc2)cc1. The molecule has 2 nitrogen and oxygen atoms in total. The topological polar surface area (TPSA) is 17.8 Å². The summed E-state index contributed by atoms with van der Waals surface area (Å²) >= 11 is 0. The molecule has 0 N–H and O–H groups in total. The van der Waals surface area contributed by atoms with Gasteiger partial charge in [0.15, 0.2) is 0 Å². The number of rotatable bonds is 4. The van der Waals surface area contributed by atoms with E-state index in [0.29, 0.717) is 0 Å². The fourth-order valence-electron chi connectivity index (χ4n) is 4.45. The summed E-state index contributed by atoms with van der Waals surface area (Å²) in [6.45, 7) is 0. The Hall–Kier alpha value is -4.43. The van der Waals surface area contributed by atoms with Crippen LogP contribution in [0.4, 0.5) is 0 Å². The van der Waals surface area contributed by atoms with Crippen LogP contribution in [0.15, 0.2) is 133 Å². The Balaban J connectivity index is 1.64. The van der Waals surface area contributed by atoms with Crippen LogP contribution in [0.1, 0.15) is 0 Å². The second-order valence-electron chi connectivity index (χ2n) is 8.09. The Labute approximate surface area is 193 Å². The predicted octanol–water partition coefficient (Wildman–Crippen LogP) is 8.03. The minimum atomic E-state index is 0.944. The number of nitrogens with zero attached hydrogens (tertiary/aromatic N) is 2. The van der Waals surface area contributed by atoms with Crippen molar-refractivity contribution in [1.29, 1.82) is 0 Å². The summed E-state index contributed by atoms with van der Waals surface area (Å²) < 4.78 is 2.29. The van der Waals surface area contributed by atoms with Crippen molar-refractivity contribution >= 4 is 11.0 Å². The van der Waals surface area contributed by atoms with Crippen molar-refractivity contribution in [3.05, 3.63) is 133 Å². The molecule has 0 atom stereocenters. The van der Waals surface area contributed by atoms with Crippen molar-refractivity contribution in [2.24, 2.45) is 0 Å². The molecule has 5 aromatic carbocycles. The average Bonchev–Trinajstić information content (AvgIpc) is 3.29. The molecule has 2 heteroatoms. The zero-order valence-electron chi connectivity index (χ0n) is 18.1. The van der Waals surface area contributed by atoms with Gasteiger partial charge in [-0.1, -0.05) is 115 Å². The highest BCUT2D eigenvalue weighted by Crippen LogP contribution is 2.35. The highest BCUT2D eigenvalue weighted by Gasteiger charge is 2.17. The van der Waals surface area contributed by atoms with Gasteiger partial charge in [0.25, 0.3) is 0 Å². The lowest BCUT2D eigenvalue weighted by Gasteiger charge is -2.15. The second-order valence-corrected chi connectivity index (χ2v) is 8.09. The van der Waals surface area contributed by atoms with Crippen LogP contribution in [0.2, 0.25) is 0 Å². The fraction of sp³-hybridized carbons (Fsp3) is 0. The number of para-hydroxylation sites is 1. The lowest BCUT2D eigenvalue weighted by atomic mass is 10.0. The maximum atomic E-state index is 5.14. The first-order valence-corrected chi connectivity index (χ1v) is 11.2. The zero-order valence-corrected chi connectivity index (χ0v) is 18.1. The first-order chi connectivity index (χ1) is 16.4. The third kappa shape index (κ3) is 3.52. The molecule has 0 bridgehead atoms. The van der Waals surface area contributed by atoms with E-state index in [4.69, 9.17) is 4.98 Å². The number of aromatic nitrogens is 2. The molecule has 0 saturated carbocycles. The Morgan fingerprint density at radius 2 is 1.03 bits per heavy atom. The third-order valence-corrected chi connectivity index (χ3v) is 6.02. The van der Waals surface area contributed by atoms with E-state index in [1.807, 2.05) is 12.1 Å². The first-order valence-electron chi connectivity index (χ1n) is 11.2. The van der Waals surface area contributed by atoms with Crippen molar-refractivity contribution in [2.75, 3.05) is 0 Å². The number of hydrogen-bond acceptors (Lipinski definition) is 1. The molecule has 1 aromatic heterocycles. The highest BCUT2D eigenvalue weighted by atomic mass is 15.1. The van der Waals surface area contributed by atoms with Gasteiger partial charge in [-0.05, 0) is 34.9 Å². The maximum absolute atomic E-state index is 5.14. The van der Waals surface area contributed by atoms with Crippen LogP contribution in [0.25, 0.3) is 50.4 Å². The smallest absolute Gasteiger partial charge is 0.145 e. The molecule has 0 aliphatic carbocycles. The van der Waals surface area contributed by atoms with Crippen molar-refractivity contribution in [1.82, 2.24) is 9.55 Å². The van der Waals surface area contributed by atoms with Gasteiger partial charge in [0, 0.05) is 11.1 Å². The van der Waals surface area contributed by atoms with E-state index in [9.17, 15) is 0 Å². The van der Waals surface area contributed by atoms with Crippen LogP contribution in [-0.4, -0.2) is 9.55 Å². The lowest BCUT2D eigenvalue weighted by Crippen LogP contribution is -2.00. The van der Waals surface area contributed by atoms with Gasteiger partial charge in [0.1, 0.15) is 5.82 Å². The molecule has 6 rings (SSSR count). The molecular weight excluding hydrogens is 400 g/mol. The summed E-state index contributed by atoms with van der Waals surface area (Å²) in [7, 11) is 0. The summed E-state index contributed by atoms with van der Waals surface area (Å²) in [5, 5.41) is 0. The Morgan fingerprint density at radius 1 is 0.455 bits per heavy atom. The van der Waals surface area contributed by atoms with Crippen LogP contribution in [0.3, 0.4) is 0 Å². The lowest BCUT2D eigenvalue weighted by molar-refractivity contribution is 1.10. The van der Waals surface area contributed by atoms with Gasteiger partial charge in [-0.15, -0.1) is 0 Å². The molecule has 0 fully saturated rings. The molecule has 1 heterocycles. The standard InChI is InChI=1S/C31H22N2/c1-4-12-23(13-5-1)26-20-21-30-28(22-26)32-31(25-16-8-3-9-17-25)33(30)29-19-11-10-18-27(29)24-14-6-2-7-15-24/h1-22H. The Morgan fingerprint density at radius 3 is 1.73 bits per heavy atom. The molecule has 0 saturated heterocycles. The maximum Gasteiger partial charge on any atom is 0.145 e. The van der Waals surface area contributed by atoms with Gasteiger partial charge >= 0.3 is 0 Å². The second kappa shape index (κ2) is 8.25. The summed E-state index contributed by atoms with van der Waals surface area (Å²) in [6, 6.07) is 46.6. The van der Waals surface area contributed by atoms with Crippen molar-refractivity contribution in [2.45, 2.75) is 0 Å². The van der Waals surface area contributed by atoms with Gasteiger partial charge in [0.2, 0.25) is 0 Å². The Kier molecular flexibility index (Phi) is 4.82. The molecule has 33 heavy (non-hydrogen) atoms. The van der Waals surface area contributed by atoms with Gasteiger partial charge < -0.3 is 0 Å². The van der Waals surface area contributed by atoms with Gasteiger partial charge in [0.05, 0.1) is 16.7 Å². The van der Waals surface area contributed by atoms with Crippen molar-refractivity contribution in [3.63, 3.8) is 0 Å². The van der Waals surface area contributed by atoms with Crippen LogP contribution in [-0.2, 0) is 0 Å². The van der Waals surface area contributed by atoms with Gasteiger partial charge in [-0.2, -0.15) is 0 Å². The summed E-state index contributed by atoms with van der Waals surface area (Å²) in [5.74, 6) is 0.944. The molecule has 0 aliphatic rings. The quantitative estimate of drug-likeness (QED) is 0.281. The van der Waals surface area contributed by atoms with E-state index in [0.717, 1.165) is 28.1 Å². The predicted molar refractivity (Wildman–Crippen MR) is 137 cm³/mol. The molecule has 156 valence electrons. The Bertz CT molecular complexity index is 1530. The number of hydrogen-bond donors (Lipinski definition) is 0. The molecule has 0 radical (unpaired) electrons. The normalized spacial score (nSPS) is 11.0. The first kappa shape index (κ1) is 19.3. The molecular formula is C31H22N2. The minimum Gasteiger partial charge on any atom is -0.292 e. The van der Waals surface area contributed by atoms with E-state index in [1.54, 1.807) is 0 Å². The summed E-state index contributed by atoms with van der Waals surface area (Å²) in [4.78, 5) is 5.14. The van der Waals surface area contributed by atoms with Crippen LogP contribution < -0.4 is 0 Å². The number of imidazole rings is 1. The third-order valence-electron chi connectivity index (χ3n) is 6.02. The number of fused-ring (bicyclic) bond motifs is 1. The average molecular weight is 423 g/mol. The van der Waals surface area contributed by atoms with Crippen molar-refractivity contribution in [3.8, 4) is 39.3 Å². The molecule has 0 aliphatic heterocycles. The van der Waals surface area contributed by atoms with Gasteiger partial charge in [-0.3, -0.25) is 4.57 Å². The largest absolute Gasteiger partial charge is 0.292 e. The molecule has 6 aromatic rings.